The van der Waals surface area contributed by atoms with Crippen molar-refractivity contribution < 1.29 is 18.0 Å². The third-order valence-electron chi connectivity index (χ3n) is 2.73. The number of hydrogen-bond donors (Lipinski definition) is 2. The minimum atomic E-state index is -4.35. The zero-order chi connectivity index (χ0) is 12.0. The maximum absolute atomic E-state index is 11.8. The number of rotatable bonds is 3. The number of carbonyl (C=O) groups excluding carboxylic acids is 1. The van der Waals surface area contributed by atoms with Crippen LogP contribution in [0.3, 0.4) is 0 Å². The maximum Gasteiger partial charge on any atom is 0.405 e. The van der Waals surface area contributed by atoms with E-state index in [4.69, 9.17) is 0 Å². The van der Waals surface area contributed by atoms with Gasteiger partial charge >= 0.3 is 12.2 Å². The molecule has 0 aromatic rings. The summed E-state index contributed by atoms with van der Waals surface area (Å²) >= 11 is 0. The minimum Gasteiger partial charge on any atom is -0.338 e. The average Bonchev–Trinajstić information content (AvgIpc) is 2.24. The van der Waals surface area contributed by atoms with Gasteiger partial charge in [0.25, 0.3) is 0 Å². The lowest BCUT2D eigenvalue weighted by Gasteiger charge is -2.21. The lowest BCUT2D eigenvalue weighted by atomic mass is 9.89. The van der Waals surface area contributed by atoms with Crippen LogP contribution >= 0.6 is 0 Å². The fourth-order valence-corrected chi connectivity index (χ4v) is 1.87. The molecule has 0 aromatic carbocycles. The number of nitrogens with one attached hydrogen (secondary N) is 2. The van der Waals surface area contributed by atoms with Crippen molar-refractivity contribution in [2.45, 2.75) is 38.3 Å². The Bertz CT molecular complexity index is 225. The molecule has 2 N–H and O–H groups in total. The highest BCUT2D eigenvalue weighted by Gasteiger charge is 2.27. The summed E-state index contributed by atoms with van der Waals surface area (Å²) in [7, 11) is 0. The Kier molecular flexibility index (Phi) is 4.89. The summed E-state index contributed by atoms with van der Waals surface area (Å²) in [5, 5.41) is 4.26. The van der Waals surface area contributed by atoms with Crippen molar-refractivity contribution in [3.63, 3.8) is 0 Å². The second kappa shape index (κ2) is 5.96. The fraction of sp³-hybridized carbons (Fsp3) is 0.900. The predicted octanol–water partition coefficient (Wildman–Crippen LogP) is 2.43. The van der Waals surface area contributed by atoms with Crippen molar-refractivity contribution in [2.75, 3.05) is 13.1 Å². The molecule has 0 radical (unpaired) electrons. The normalized spacial score (nSPS) is 18.2. The molecule has 0 aliphatic heterocycles. The zero-order valence-electron chi connectivity index (χ0n) is 9.07. The van der Waals surface area contributed by atoms with Gasteiger partial charge in [-0.25, -0.2) is 4.79 Å². The molecule has 0 bridgehead atoms. The summed E-state index contributed by atoms with van der Waals surface area (Å²) in [5.41, 5.74) is 0. The van der Waals surface area contributed by atoms with Crippen LogP contribution in [0.2, 0.25) is 0 Å². The Labute approximate surface area is 92.8 Å². The van der Waals surface area contributed by atoms with Gasteiger partial charge in [0.1, 0.15) is 6.54 Å². The van der Waals surface area contributed by atoms with Crippen LogP contribution in [0.1, 0.15) is 32.1 Å². The second-order valence-corrected chi connectivity index (χ2v) is 4.18. The zero-order valence-corrected chi connectivity index (χ0v) is 9.07. The molecule has 0 atom stereocenters. The third kappa shape index (κ3) is 5.82. The van der Waals surface area contributed by atoms with E-state index in [1.165, 1.54) is 6.42 Å². The number of hydrogen-bond acceptors (Lipinski definition) is 1. The number of urea groups is 1. The van der Waals surface area contributed by atoms with Gasteiger partial charge in [0.15, 0.2) is 0 Å². The Balaban J connectivity index is 2.09. The molecule has 16 heavy (non-hydrogen) atoms. The van der Waals surface area contributed by atoms with Gasteiger partial charge in [0.2, 0.25) is 0 Å². The Morgan fingerprint density at radius 1 is 1.12 bits per heavy atom. The quantitative estimate of drug-likeness (QED) is 0.779. The Hall–Kier alpha value is -0.940. The highest BCUT2D eigenvalue weighted by atomic mass is 19.4. The van der Waals surface area contributed by atoms with E-state index in [1.807, 2.05) is 0 Å². The number of alkyl halides is 3. The first-order valence-corrected chi connectivity index (χ1v) is 5.56. The van der Waals surface area contributed by atoms with E-state index in [-0.39, 0.29) is 0 Å². The lowest BCUT2D eigenvalue weighted by Crippen LogP contribution is -2.42. The van der Waals surface area contributed by atoms with E-state index in [2.05, 4.69) is 5.32 Å². The van der Waals surface area contributed by atoms with Gasteiger partial charge in [-0.05, 0) is 18.8 Å². The van der Waals surface area contributed by atoms with Crippen LogP contribution in [0.5, 0.6) is 0 Å². The average molecular weight is 238 g/mol. The largest absolute Gasteiger partial charge is 0.405 e. The summed E-state index contributed by atoms with van der Waals surface area (Å²) in [4.78, 5) is 11.0. The van der Waals surface area contributed by atoms with E-state index < -0.39 is 18.8 Å². The molecule has 0 spiro atoms. The van der Waals surface area contributed by atoms with Crippen LogP contribution in [0.4, 0.5) is 18.0 Å². The molecular weight excluding hydrogens is 221 g/mol. The molecular formula is C10H17F3N2O. The topological polar surface area (TPSA) is 41.1 Å². The fourth-order valence-electron chi connectivity index (χ4n) is 1.87. The van der Waals surface area contributed by atoms with Crippen molar-refractivity contribution in [1.29, 1.82) is 0 Å². The molecule has 0 saturated heterocycles. The molecule has 1 aliphatic rings. The van der Waals surface area contributed by atoms with Gasteiger partial charge in [0.05, 0.1) is 0 Å². The number of amides is 2. The van der Waals surface area contributed by atoms with Crippen LogP contribution in [0.15, 0.2) is 0 Å². The van der Waals surface area contributed by atoms with E-state index in [9.17, 15) is 18.0 Å². The summed E-state index contributed by atoms with van der Waals surface area (Å²) < 4.78 is 35.3. The summed E-state index contributed by atoms with van der Waals surface area (Å²) in [6.07, 6.45) is 1.28. The van der Waals surface area contributed by atoms with Crippen molar-refractivity contribution >= 4 is 6.03 Å². The van der Waals surface area contributed by atoms with Gasteiger partial charge < -0.3 is 10.6 Å². The van der Waals surface area contributed by atoms with Gasteiger partial charge in [-0.3, -0.25) is 0 Å². The molecule has 94 valence electrons. The van der Waals surface area contributed by atoms with Crippen molar-refractivity contribution in [3.05, 3.63) is 0 Å². The molecule has 0 aromatic heterocycles. The third-order valence-corrected chi connectivity index (χ3v) is 2.73. The molecule has 2 amide bonds. The second-order valence-electron chi connectivity index (χ2n) is 4.18. The smallest absolute Gasteiger partial charge is 0.338 e. The molecule has 1 rings (SSSR count). The minimum absolute atomic E-state index is 0.422. The van der Waals surface area contributed by atoms with Gasteiger partial charge in [-0.2, -0.15) is 13.2 Å². The Morgan fingerprint density at radius 3 is 2.31 bits per heavy atom. The van der Waals surface area contributed by atoms with Crippen LogP contribution in [0.25, 0.3) is 0 Å². The van der Waals surface area contributed by atoms with Crippen LogP contribution in [-0.2, 0) is 0 Å². The molecule has 1 aliphatic carbocycles. The molecule has 0 heterocycles. The van der Waals surface area contributed by atoms with Crippen LogP contribution in [0, 0.1) is 5.92 Å². The first-order chi connectivity index (χ1) is 7.47. The highest BCUT2D eigenvalue weighted by molar-refractivity contribution is 5.73. The SMILES string of the molecule is O=C(NCC1CCCCC1)NCC(F)(F)F. The van der Waals surface area contributed by atoms with E-state index in [0.29, 0.717) is 12.5 Å². The summed E-state index contributed by atoms with van der Waals surface area (Å²) in [6, 6.07) is -0.733. The molecule has 1 saturated carbocycles. The van der Waals surface area contributed by atoms with E-state index in [1.54, 1.807) is 5.32 Å². The summed E-state index contributed by atoms with van der Waals surface area (Å²) in [5.74, 6) is 0.422. The van der Waals surface area contributed by atoms with E-state index >= 15 is 0 Å². The van der Waals surface area contributed by atoms with Crippen molar-refractivity contribution in [1.82, 2.24) is 10.6 Å². The van der Waals surface area contributed by atoms with Gasteiger partial charge in [-0.15, -0.1) is 0 Å². The van der Waals surface area contributed by atoms with Crippen LogP contribution in [-0.4, -0.2) is 25.3 Å². The summed E-state index contributed by atoms with van der Waals surface area (Å²) in [6.45, 7) is -0.798. The van der Waals surface area contributed by atoms with Crippen molar-refractivity contribution in [3.8, 4) is 0 Å². The molecule has 3 nitrogen and oxygen atoms in total. The number of carbonyl (C=O) groups is 1. The first kappa shape index (κ1) is 13.1. The number of halogens is 3. The Morgan fingerprint density at radius 2 is 1.75 bits per heavy atom. The standard InChI is InChI=1S/C10H17F3N2O/c11-10(12,13)7-15-9(16)14-6-8-4-2-1-3-5-8/h8H,1-7H2,(H2,14,15,16). The van der Waals surface area contributed by atoms with Crippen LogP contribution < -0.4 is 10.6 Å². The van der Waals surface area contributed by atoms with E-state index in [0.717, 1.165) is 25.7 Å². The molecule has 6 heteroatoms. The maximum atomic E-state index is 11.8. The van der Waals surface area contributed by atoms with Gasteiger partial charge in [-0.1, -0.05) is 19.3 Å². The molecule has 0 unspecified atom stereocenters. The molecule has 1 fully saturated rings. The predicted molar refractivity (Wildman–Crippen MR) is 54.0 cm³/mol. The first-order valence-electron chi connectivity index (χ1n) is 5.56. The van der Waals surface area contributed by atoms with Crippen molar-refractivity contribution in [2.24, 2.45) is 5.92 Å². The highest BCUT2D eigenvalue weighted by Crippen LogP contribution is 2.22. The van der Waals surface area contributed by atoms with Gasteiger partial charge in [0, 0.05) is 6.54 Å². The lowest BCUT2D eigenvalue weighted by molar-refractivity contribution is -0.122. The monoisotopic (exact) mass is 238 g/mol.